The number of thioether (sulfide) groups is 1. The minimum absolute atomic E-state index is 0.0774. The molecule has 5 N–H and O–H groups in total. The maximum absolute atomic E-state index is 11.8. The number of amides is 1. The van der Waals surface area contributed by atoms with Gasteiger partial charge < -0.3 is 16.5 Å². The summed E-state index contributed by atoms with van der Waals surface area (Å²) in [5.41, 5.74) is 12.4. The van der Waals surface area contributed by atoms with Gasteiger partial charge in [-0.3, -0.25) is 9.59 Å². The van der Waals surface area contributed by atoms with Crippen LogP contribution in [0.3, 0.4) is 0 Å². The van der Waals surface area contributed by atoms with Gasteiger partial charge in [0, 0.05) is 17.0 Å². The normalized spacial score (nSPS) is 12.0. The highest BCUT2D eigenvalue weighted by molar-refractivity contribution is 8.00. The van der Waals surface area contributed by atoms with Crippen LogP contribution in [0.15, 0.2) is 51.7 Å². The maximum atomic E-state index is 11.8. The van der Waals surface area contributed by atoms with Crippen molar-refractivity contribution >= 4 is 34.8 Å². The molecule has 2 aromatic heterocycles. The first-order chi connectivity index (χ1) is 11.5. The number of aromatic amines is 1. The maximum Gasteiger partial charge on any atom is 0.253 e. The summed E-state index contributed by atoms with van der Waals surface area (Å²) in [4.78, 5) is 34.3. The standard InChI is InChI=1S/C15H13N5O2S2/c16-10-6-11(21)20-15(19-10)24-12(13(17)22)14-18-9(7-23-14)8-4-2-1-3-5-8/h1-7,12H,(H2,17,22)(H3,16,19,20,21). The average Bonchev–Trinajstić information content (AvgIpc) is 3.02. The van der Waals surface area contributed by atoms with E-state index in [-0.39, 0.29) is 11.0 Å². The molecule has 0 aliphatic rings. The highest BCUT2D eigenvalue weighted by Gasteiger charge is 2.24. The first-order valence-corrected chi connectivity index (χ1v) is 8.62. The molecule has 24 heavy (non-hydrogen) atoms. The molecule has 122 valence electrons. The molecular weight excluding hydrogens is 346 g/mol. The molecule has 7 nitrogen and oxygen atoms in total. The van der Waals surface area contributed by atoms with Crippen LogP contribution in [-0.4, -0.2) is 20.9 Å². The zero-order chi connectivity index (χ0) is 17.1. The Hall–Kier alpha value is -2.65. The van der Waals surface area contributed by atoms with Crippen LogP contribution in [0.5, 0.6) is 0 Å². The quantitative estimate of drug-likeness (QED) is 0.471. The van der Waals surface area contributed by atoms with Crippen LogP contribution in [0.1, 0.15) is 10.3 Å². The van der Waals surface area contributed by atoms with Gasteiger partial charge in [-0.15, -0.1) is 11.3 Å². The molecule has 2 heterocycles. The third-order valence-electron chi connectivity index (χ3n) is 3.04. The number of nitrogens with zero attached hydrogens (tertiary/aromatic N) is 2. The van der Waals surface area contributed by atoms with Crippen molar-refractivity contribution in [2.45, 2.75) is 10.4 Å². The van der Waals surface area contributed by atoms with E-state index in [4.69, 9.17) is 11.5 Å². The number of hydrogen-bond donors (Lipinski definition) is 3. The predicted octanol–water partition coefficient (Wildman–Crippen LogP) is 1.79. The monoisotopic (exact) mass is 359 g/mol. The highest BCUT2D eigenvalue weighted by atomic mass is 32.2. The summed E-state index contributed by atoms with van der Waals surface area (Å²) in [6, 6.07) is 10.8. The van der Waals surface area contributed by atoms with E-state index < -0.39 is 16.7 Å². The van der Waals surface area contributed by atoms with Crippen molar-refractivity contribution < 1.29 is 4.79 Å². The highest BCUT2D eigenvalue weighted by Crippen LogP contribution is 2.36. The van der Waals surface area contributed by atoms with Gasteiger partial charge in [0.2, 0.25) is 5.91 Å². The Bertz CT molecular complexity index is 923. The van der Waals surface area contributed by atoms with E-state index in [0.29, 0.717) is 5.01 Å². The Labute approximate surface area is 145 Å². The van der Waals surface area contributed by atoms with Gasteiger partial charge in [-0.05, 0) is 0 Å². The lowest BCUT2D eigenvalue weighted by Crippen LogP contribution is -2.20. The molecule has 3 aromatic rings. The number of anilines is 1. The second-order valence-corrected chi connectivity index (χ2v) is 6.80. The lowest BCUT2D eigenvalue weighted by molar-refractivity contribution is -0.117. The number of thiazole rings is 1. The minimum atomic E-state index is -0.766. The molecular formula is C15H13N5O2S2. The molecule has 3 rings (SSSR count). The number of carbonyl (C=O) groups is 1. The van der Waals surface area contributed by atoms with Gasteiger partial charge in [0.1, 0.15) is 16.1 Å². The number of primary amides is 1. The molecule has 0 saturated carbocycles. The zero-order valence-corrected chi connectivity index (χ0v) is 13.9. The summed E-state index contributed by atoms with van der Waals surface area (Å²) in [5, 5.41) is 1.85. The molecule has 1 aromatic carbocycles. The molecule has 0 spiro atoms. The number of nitrogens with one attached hydrogen (secondary N) is 1. The van der Waals surface area contributed by atoms with E-state index >= 15 is 0 Å². The SMILES string of the molecule is NC(=O)C(Sc1nc(N)cc(=O)[nH]1)c1nc(-c2ccccc2)cs1. The van der Waals surface area contributed by atoms with Crippen molar-refractivity contribution in [3.05, 3.63) is 57.1 Å². The largest absolute Gasteiger partial charge is 0.383 e. The van der Waals surface area contributed by atoms with Gasteiger partial charge in [0.25, 0.3) is 5.56 Å². The van der Waals surface area contributed by atoms with Crippen molar-refractivity contribution in [3.63, 3.8) is 0 Å². The molecule has 1 atom stereocenters. The van der Waals surface area contributed by atoms with E-state index in [2.05, 4.69) is 15.0 Å². The van der Waals surface area contributed by atoms with Crippen LogP contribution >= 0.6 is 23.1 Å². The van der Waals surface area contributed by atoms with E-state index in [1.807, 2.05) is 35.7 Å². The lowest BCUT2D eigenvalue weighted by Gasteiger charge is -2.09. The Morgan fingerprint density at radius 1 is 1.25 bits per heavy atom. The number of hydrogen-bond acceptors (Lipinski definition) is 7. The smallest absolute Gasteiger partial charge is 0.253 e. The molecule has 0 fully saturated rings. The third-order valence-corrected chi connectivity index (χ3v) is 5.21. The summed E-state index contributed by atoms with van der Waals surface area (Å²) < 4.78 is 0. The van der Waals surface area contributed by atoms with Crippen molar-refractivity contribution in [3.8, 4) is 11.3 Å². The van der Waals surface area contributed by atoms with E-state index in [0.717, 1.165) is 23.0 Å². The molecule has 0 saturated heterocycles. The number of carbonyl (C=O) groups excluding carboxylic acids is 1. The average molecular weight is 359 g/mol. The number of nitrogen functional groups attached to an aromatic ring is 1. The summed E-state index contributed by atoms with van der Waals surface area (Å²) in [6.45, 7) is 0. The second-order valence-electron chi connectivity index (χ2n) is 4.81. The summed E-state index contributed by atoms with van der Waals surface area (Å²) in [5.74, 6) is -0.493. The number of nitrogens with two attached hydrogens (primary N) is 2. The molecule has 0 radical (unpaired) electrons. The van der Waals surface area contributed by atoms with Crippen LogP contribution in [0.4, 0.5) is 5.82 Å². The topological polar surface area (TPSA) is 128 Å². The molecule has 0 aliphatic carbocycles. The van der Waals surface area contributed by atoms with Gasteiger partial charge in [0.15, 0.2) is 5.16 Å². The summed E-state index contributed by atoms with van der Waals surface area (Å²) in [7, 11) is 0. The van der Waals surface area contributed by atoms with Crippen LogP contribution in [0.25, 0.3) is 11.3 Å². The summed E-state index contributed by atoms with van der Waals surface area (Å²) >= 11 is 2.34. The van der Waals surface area contributed by atoms with Crippen molar-refractivity contribution in [1.29, 1.82) is 0 Å². The summed E-state index contributed by atoms with van der Waals surface area (Å²) in [6.07, 6.45) is 0. The molecule has 9 heteroatoms. The van der Waals surface area contributed by atoms with Gasteiger partial charge in [-0.2, -0.15) is 0 Å². The first kappa shape index (κ1) is 16.2. The van der Waals surface area contributed by atoms with Crippen molar-refractivity contribution in [2.24, 2.45) is 5.73 Å². The van der Waals surface area contributed by atoms with Crippen LogP contribution in [0, 0.1) is 0 Å². The Morgan fingerprint density at radius 2 is 2.00 bits per heavy atom. The van der Waals surface area contributed by atoms with Gasteiger partial charge in [0.05, 0.1) is 5.69 Å². The molecule has 0 aliphatic heterocycles. The Morgan fingerprint density at radius 3 is 2.67 bits per heavy atom. The third kappa shape index (κ3) is 3.63. The lowest BCUT2D eigenvalue weighted by atomic mass is 10.2. The van der Waals surface area contributed by atoms with Crippen LogP contribution in [0.2, 0.25) is 0 Å². The van der Waals surface area contributed by atoms with Gasteiger partial charge in [-0.1, -0.05) is 42.1 Å². The predicted molar refractivity (Wildman–Crippen MR) is 94.6 cm³/mol. The fourth-order valence-corrected chi connectivity index (χ4v) is 3.93. The van der Waals surface area contributed by atoms with Gasteiger partial charge in [-0.25, -0.2) is 9.97 Å². The Kier molecular flexibility index (Phi) is 4.63. The number of rotatable bonds is 5. The van der Waals surface area contributed by atoms with Crippen molar-refractivity contribution in [1.82, 2.24) is 15.0 Å². The fourth-order valence-electron chi connectivity index (χ4n) is 2.00. The van der Waals surface area contributed by atoms with Crippen LogP contribution < -0.4 is 17.0 Å². The van der Waals surface area contributed by atoms with E-state index in [1.54, 1.807) is 0 Å². The van der Waals surface area contributed by atoms with E-state index in [1.165, 1.54) is 17.4 Å². The van der Waals surface area contributed by atoms with Crippen LogP contribution in [-0.2, 0) is 4.79 Å². The number of aromatic nitrogens is 3. The minimum Gasteiger partial charge on any atom is -0.383 e. The first-order valence-electron chi connectivity index (χ1n) is 6.86. The second kappa shape index (κ2) is 6.85. The fraction of sp³-hybridized carbons (Fsp3) is 0.0667. The van der Waals surface area contributed by atoms with E-state index in [9.17, 15) is 9.59 Å². The number of H-pyrrole nitrogens is 1. The molecule has 1 amide bonds. The number of benzene rings is 1. The molecule has 0 bridgehead atoms. The Balaban J connectivity index is 1.90. The zero-order valence-electron chi connectivity index (χ0n) is 12.3. The van der Waals surface area contributed by atoms with Crippen molar-refractivity contribution in [2.75, 3.05) is 5.73 Å². The van der Waals surface area contributed by atoms with Gasteiger partial charge >= 0.3 is 0 Å². The molecule has 1 unspecified atom stereocenters.